The van der Waals surface area contributed by atoms with Gasteiger partial charge in [-0.2, -0.15) is 0 Å². The molecule has 124 valence electrons. The van der Waals surface area contributed by atoms with Crippen LogP contribution in [0, 0.1) is 0 Å². The van der Waals surface area contributed by atoms with E-state index in [0.717, 1.165) is 18.7 Å². The van der Waals surface area contributed by atoms with Crippen LogP contribution in [0.25, 0.3) is 0 Å². The van der Waals surface area contributed by atoms with Crippen LogP contribution in [0.3, 0.4) is 0 Å². The van der Waals surface area contributed by atoms with Crippen molar-refractivity contribution < 1.29 is 14.3 Å². The molecule has 0 bridgehead atoms. The number of aromatic amines is 1. The largest absolute Gasteiger partial charge is 0.493 e. The van der Waals surface area contributed by atoms with Crippen molar-refractivity contribution in [2.75, 3.05) is 25.3 Å². The molecule has 0 aliphatic rings. The van der Waals surface area contributed by atoms with Crippen molar-refractivity contribution in [2.24, 2.45) is 0 Å². The van der Waals surface area contributed by atoms with Gasteiger partial charge in [-0.1, -0.05) is 18.7 Å². The maximum Gasteiger partial charge on any atom is 0.234 e. The minimum Gasteiger partial charge on any atom is -0.493 e. The van der Waals surface area contributed by atoms with Crippen LogP contribution in [0.4, 0.5) is 5.69 Å². The standard InChI is InChI=1S/C15H20N4O3S/c1-4-5-13-17-15(19-18-13)23-9-14(20)16-10-6-7-11(21-2)12(8-10)22-3/h6-8H,4-5,9H2,1-3H3,(H,16,20)(H,17,18,19). The Morgan fingerprint density at radius 1 is 1.30 bits per heavy atom. The molecule has 0 aliphatic carbocycles. The van der Waals surface area contributed by atoms with E-state index in [4.69, 9.17) is 9.47 Å². The topological polar surface area (TPSA) is 89.1 Å². The Morgan fingerprint density at radius 2 is 2.09 bits per heavy atom. The molecule has 0 atom stereocenters. The van der Waals surface area contributed by atoms with Crippen molar-refractivity contribution in [1.29, 1.82) is 0 Å². The fourth-order valence-electron chi connectivity index (χ4n) is 1.93. The average Bonchev–Trinajstić information content (AvgIpc) is 3.01. The first-order chi connectivity index (χ1) is 11.2. The number of hydrogen-bond donors (Lipinski definition) is 2. The van der Waals surface area contributed by atoms with Crippen molar-refractivity contribution in [1.82, 2.24) is 15.2 Å². The fraction of sp³-hybridized carbons (Fsp3) is 0.400. The molecule has 2 aromatic rings. The van der Waals surface area contributed by atoms with Gasteiger partial charge in [-0.15, -0.1) is 5.10 Å². The summed E-state index contributed by atoms with van der Waals surface area (Å²) in [6.07, 6.45) is 1.85. The number of anilines is 1. The number of amides is 1. The van der Waals surface area contributed by atoms with E-state index in [-0.39, 0.29) is 11.7 Å². The Balaban J connectivity index is 1.89. The molecule has 2 rings (SSSR count). The number of carbonyl (C=O) groups excluding carboxylic acids is 1. The Bertz CT molecular complexity index is 660. The smallest absolute Gasteiger partial charge is 0.234 e. The van der Waals surface area contributed by atoms with Gasteiger partial charge in [0.05, 0.1) is 20.0 Å². The summed E-state index contributed by atoms with van der Waals surface area (Å²) >= 11 is 1.29. The molecule has 2 N–H and O–H groups in total. The Labute approximate surface area is 139 Å². The highest BCUT2D eigenvalue weighted by atomic mass is 32.2. The predicted molar refractivity (Wildman–Crippen MR) is 89.3 cm³/mol. The van der Waals surface area contributed by atoms with Gasteiger partial charge in [0, 0.05) is 18.2 Å². The number of hydrogen-bond acceptors (Lipinski definition) is 6. The molecule has 1 aromatic heterocycles. The third kappa shape index (κ3) is 4.88. The summed E-state index contributed by atoms with van der Waals surface area (Å²) in [7, 11) is 3.12. The number of rotatable bonds is 8. The van der Waals surface area contributed by atoms with Gasteiger partial charge < -0.3 is 14.8 Å². The molecule has 0 radical (unpaired) electrons. The first kappa shape index (κ1) is 17.1. The maximum atomic E-state index is 12.0. The Hall–Kier alpha value is -2.22. The lowest BCUT2D eigenvalue weighted by atomic mass is 10.2. The second-order valence-corrected chi connectivity index (χ2v) is 5.66. The predicted octanol–water partition coefficient (Wildman–Crippen LogP) is 2.51. The average molecular weight is 336 g/mol. The molecule has 0 saturated heterocycles. The number of benzene rings is 1. The normalized spacial score (nSPS) is 10.4. The van der Waals surface area contributed by atoms with E-state index in [0.29, 0.717) is 22.3 Å². The van der Waals surface area contributed by atoms with Crippen LogP contribution < -0.4 is 14.8 Å². The molecule has 7 nitrogen and oxygen atoms in total. The highest BCUT2D eigenvalue weighted by molar-refractivity contribution is 7.99. The van der Waals surface area contributed by atoms with Crippen molar-refractivity contribution in [3.63, 3.8) is 0 Å². The summed E-state index contributed by atoms with van der Waals surface area (Å²) in [6.45, 7) is 2.08. The molecular formula is C15H20N4O3S. The van der Waals surface area contributed by atoms with E-state index in [1.807, 2.05) is 0 Å². The molecule has 1 aromatic carbocycles. The van der Waals surface area contributed by atoms with Crippen LogP contribution in [-0.4, -0.2) is 41.1 Å². The van der Waals surface area contributed by atoms with E-state index >= 15 is 0 Å². The number of aryl methyl sites for hydroxylation is 1. The van der Waals surface area contributed by atoms with E-state index in [1.165, 1.54) is 11.8 Å². The monoisotopic (exact) mass is 336 g/mol. The minimum absolute atomic E-state index is 0.135. The summed E-state index contributed by atoms with van der Waals surface area (Å²) in [5.74, 6) is 2.12. The summed E-state index contributed by atoms with van der Waals surface area (Å²) in [6, 6.07) is 5.22. The lowest BCUT2D eigenvalue weighted by molar-refractivity contribution is -0.113. The van der Waals surface area contributed by atoms with Crippen molar-refractivity contribution in [3.8, 4) is 11.5 Å². The van der Waals surface area contributed by atoms with Gasteiger partial charge in [0.15, 0.2) is 11.5 Å². The van der Waals surface area contributed by atoms with Gasteiger partial charge in [0.25, 0.3) is 0 Å². The molecule has 0 fully saturated rings. The van der Waals surface area contributed by atoms with Gasteiger partial charge in [0.2, 0.25) is 11.1 Å². The van der Waals surface area contributed by atoms with E-state index in [1.54, 1.807) is 32.4 Å². The van der Waals surface area contributed by atoms with E-state index in [9.17, 15) is 4.79 Å². The number of nitrogens with one attached hydrogen (secondary N) is 2. The first-order valence-corrected chi connectivity index (χ1v) is 8.20. The molecule has 0 saturated carbocycles. The molecule has 1 amide bonds. The molecular weight excluding hydrogens is 316 g/mol. The van der Waals surface area contributed by atoms with Crippen molar-refractivity contribution in [2.45, 2.75) is 24.9 Å². The van der Waals surface area contributed by atoms with Gasteiger partial charge in [-0.25, -0.2) is 4.98 Å². The van der Waals surface area contributed by atoms with Crippen molar-refractivity contribution in [3.05, 3.63) is 24.0 Å². The highest BCUT2D eigenvalue weighted by Crippen LogP contribution is 2.29. The quantitative estimate of drug-likeness (QED) is 0.720. The summed E-state index contributed by atoms with van der Waals surface area (Å²) in [5.41, 5.74) is 0.648. The van der Waals surface area contributed by atoms with Crippen LogP contribution in [0.1, 0.15) is 19.2 Å². The number of carbonyl (C=O) groups is 1. The van der Waals surface area contributed by atoms with Crippen LogP contribution in [-0.2, 0) is 11.2 Å². The van der Waals surface area contributed by atoms with Gasteiger partial charge in [-0.05, 0) is 18.6 Å². The number of thioether (sulfide) groups is 1. The lowest BCUT2D eigenvalue weighted by Crippen LogP contribution is -2.14. The summed E-state index contributed by atoms with van der Waals surface area (Å²) in [5, 5.41) is 10.3. The number of H-pyrrole nitrogens is 1. The number of ether oxygens (including phenoxy) is 2. The molecule has 1 heterocycles. The molecule has 0 unspecified atom stereocenters. The maximum absolute atomic E-state index is 12.0. The number of methoxy groups -OCH3 is 2. The third-order valence-corrected chi connectivity index (χ3v) is 3.84. The molecule has 0 spiro atoms. The zero-order valence-electron chi connectivity index (χ0n) is 13.4. The molecule has 23 heavy (non-hydrogen) atoms. The number of aromatic nitrogens is 3. The molecule has 8 heteroatoms. The van der Waals surface area contributed by atoms with Crippen LogP contribution in [0.15, 0.2) is 23.4 Å². The Kier molecular flexibility index (Phi) is 6.28. The number of nitrogens with zero attached hydrogens (tertiary/aromatic N) is 2. The summed E-state index contributed by atoms with van der Waals surface area (Å²) < 4.78 is 10.4. The second-order valence-electron chi connectivity index (χ2n) is 4.72. The van der Waals surface area contributed by atoms with Crippen LogP contribution in [0.5, 0.6) is 11.5 Å². The van der Waals surface area contributed by atoms with Crippen LogP contribution >= 0.6 is 11.8 Å². The SMILES string of the molecule is CCCc1nc(SCC(=O)Nc2ccc(OC)c(OC)c2)n[nH]1. The minimum atomic E-state index is -0.135. The zero-order valence-corrected chi connectivity index (χ0v) is 14.2. The first-order valence-electron chi connectivity index (χ1n) is 7.22. The van der Waals surface area contributed by atoms with Gasteiger partial charge >= 0.3 is 0 Å². The third-order valence-electron chi connectivity index (χ3n) is 3.00. The van der Waals surface area contributed by atoms with Crippen LogP contribution in [0.2, 0.25) is 0 Å². The molecule has 0 aliphatic heterocycles. The van der Waals surface area contributed by atoms with Gasteiger partial charge in [-0.3, -0.25) is 9.89 Å². The van der Waals surface area contributed by atoms with E-state index < -0.39 is 0 Å². The van der Waals surface area contributed by atoms with Gasteiger partial charge in [0.1, 0.15) is 5.82 Å². The zero-order chi connectivity index (χ0) is 16.7. The Morgan fingerprint density at radius 3 is 2.78 bits per heavy atom. The highest BCUT2D eigenvalue weighted by Gasteiger charge is 2.10. The van der Waals surface area contributed by atoms with E-state index in [2.05, 4.69) is 27.4 Å². The van der Waals surface area contributed by atoms with Crippen molar-refractivity contribution >= 4 is 23.4 Å². The fourth-order valence-corrected chi connectivity index (χ4v) is 2.55. The lowest BCUT2D eigenvalue weighted by Gasteiger charge is -2.10. The second kappa shape index (κ2) is 8.42. The summed E-state index contributed by atoms with van der Waals surface area (Å²) in [4.78, 5) is 16.3.